The van der Waals surface area contributed by atoms with Crippen molar-refractivity contribution < 1.29 is 19.4 Å². The second-order valence-corrected chi connectivity index (χ2v) is 1.57. The molecule has 0 aromatic rings. The van der Waals surface area contributed by atoms with Crippen molar-refractivity contribution in [3.63, 3.8) is 0 Å². The SMILES string of the molecule is CC(=O)O[C@@H](C)C([O])=O. The molecule has 0 saturated carbocycles. The molecule has 0 fully saturated rings. The first-order chi connectivity index (χ1) is 4.04. The Kier molecular flexibility index (Phi) is 2.70. The minimum Gasteiger partial charge on any atom is -0.451 e. The van der Waals surface area contributed by atoms with Crippen LogP contribution in [0, 0.1) is 0 Å². The van der Waals surface area contributed by atoms with Crippen LogP contribution >= 0.6 is 0 Å². The first kappa shape index (κ1) is 7.94. The average molecular weight is 131 g/mol. The molecule has 0 aliphatic heterocycles. The minimum atomic E-state index is -1.38. The standard InChI is InChI=1S/C5H7O4/c1-3(5(7)8)9-4(2)6/h3H,1-2H3/t3-/m0/s1. The summed E-state index contributed by atoms with van der Waals surface area (Å²) in [6, 6.07) is 0. The smallest absolute Gasteiger partial charge is 0.395 e. The summed E-state index contributed by atoms with van der Waals surface area (Å²) in [6.45, 7) is 2.37. The Morgan fingerprint density at radius 1 is 1.44 bits per heavy atom. The summed E-state index contributed by atoms with van der Waals surface area (Å²) in [7, 11) is 0. The van der Waals surface area contributed by atoms with Crippen LogP contribution in [0.2, 0.25) is 0 Å². The van der Waals surface area contributed by atoms with Crippen molar-refractivity contribution in [1.29, 1.82) is 0 Å². The fourth-order valence-electron chi connectivity index (χ4n) is 0.297. The van der Waals surface area contributed by atoms with Crippen molar-refractivity contribution in [2.45, 2.75) is 20.0 Å². The van der Waals surface area contributed by atoms with E-state index in [4.69, 9.17) is 0 Å². The lowest BCUT2D eigenvalue weighted by Gasteiger charge is -2.02. The third-order valence-corrected chi connectivity index (χ3v) is 0.675. The topological polar surface area (TPSA) is 63.3 Å². The molecule has 0 heterocycles. The van der Waals surface area contributed by atoms with E-state index in [1.54, 1.807) is 0 Å². The number of hydrogen-bond donors (Lipinski definition) is 0. The third-order valence-electron chi connectivity index (χ3n) is 0.675. The normalized spacial score (nSPS) is 12.2. The van der Waals surface area contributed by atoms with Crippen LogP contribution in [0.3, 0.4) is 0 Å². The van der Waals surface area contributed by atoms with Crippen LogP contribution in [-0.4, -0.2) is 18.0 Å². The van der Waals surface area contributed by atoms with Crippen molar-refractivity contribution in [1.82, 2.24) is 0 Å². The molecule has 4 heteroatoms. The van der Waals surface area contributed by atoms with Gasteiger partial charge in [0.05, 0.1) is 0 Å². The first-order valence-electron chi connectivity index (χ1n) is 2.42. The molecule has 0 aliphatic carbocycles. The highest BCUT2D eigenvalue weighted by atomic mass is 16.6. The molecule has 0 spiro atoms. The van der Waals surface area contributed by atoms with Gasteiger partial charge in [0.2, 0.25) is 6.10 Å². The predicted molar refractivity (Wildman–Crippen MR) is 26.9 cm³/mol. The van der Waals surface area contributed by atoms with Gasteiger partial charge in [0.15, 0.2) is 0 Å². The van der Waals surface area contributed by atoms with Gasteiger partial charge in [-0.05, 0) is 6.92 Å². The van der Waals surface area contributed by atoms with E-state index >= 15 is 0 Å². The summed E-state index contributed by atoms with van der Waals surface area (Å²) >= 11 is 0. The highest BCUT2D eigenvalue weighted by molar-refractivity contribution is 5.76. The van der Waals surface area contributed by atoms with Crippen LogP contribution in [0.1, 0.15) is 13.8 Å². The lowest BCUT2D eigenvalue weighted by Crippen LogP contribution is -2.20. The Balaban J connectivity index is 3.63. The number of hydrogen-bond acceptors (Lipinski definition) is 3. The van der Waals surface area contributed by atoms with Crippen LogP contribution in [0.25, 0.3) is 0 Å². The highest BCUT2D eigenvalue weighted by Gasteiger charge is 2.14. The van der Waals surface area contributed by atoms with E-state index in [0.29, 0.717) is 0 Å². The van der Waals surface area contributed by atoms with Crippen LogP contribution in [0.15, 0.2) is 0 Å². The lowest BCUT2D eigenvalue weighted by molar-refractivity contribution is -0.165. The number of esters is 1. The maximum absolute atomic E-state index is 10.0. The van der Waals surface area contributed by atoms with Crippen molar-refractivity contribution in [2.24, 2.45) is 0 Å². The van der Waals surface area contributed by atoms with Gasteiger partial charge in [-0.3, -0.25) is 4.79 Å². The molecule has 51 valence electrons. The zero-order valence-electron chi connectivity index (χ0n) is 5.21. The van der Waals surface area contributed by atoms with E-state index in [0.717, 1.165) is 6.92 Å². The summed E-state index contributed by atoms with van der Waals surface area (Å²) in [5.41, 5.74) is 0. The molecule has 0 saturated heterocycles. The van der Waals surface area contributed by atoms with Gasteiger partial charge in [-0.15, -0.1) is 0 Å². The van der Waals surface area contributed by atoms with E-state index in [2.05, 4.69) is 4.74 Å². The van der Waals surface area contributed by atoms with E-state index in [1.165, 1.54) is 6.92 Å². The second-order valence-electron chi connectivity index (χ2n) is 1.57. The minimum absolute atomic E-state index is 0.619. The quantitative estimate of drug-likeness (QED) is 0.491. The Morgan fingerprint density at radius 2 is 1.89 bits per heavy atom. The summed E-state index contributed by atoms with van der Waals surface area (Å²) in [6.07, 6.45) is -1.15. The molecule has 0 rings (SSSR count). The Bertz CT molecular complexity index is 129. The number of rotatable bonds is 2. The van der Waals surface area contributed by atoms with Gasteiger partial charge in [-0.2, -0.15) is 0 Å². The van der Waals surface area contributed by atoms with Crippen LogP contribution in [0.5, 0.6) is 0 Å². The molecule has 9 heavy (non-hydrogen) atoms. The molecule has 1 radical (unpaired) electrons. The van der Waals surface area contributed by atoms with Crippen LogP contribution in [0.4, 0.5) is 0 Å². The third kappa shape index (κ3) is 3.52. The number of ether oxygens (including phenoxy) is 1. The predicted octanol–water partition coefficient (Wildman–Crippen LogP) is -0.105. The van der Waals surface area contributed by atoms with Crippen molar-refractivity contribution in [2.75, 3.05) is 0 Å². The second kappa shape index (κ2) is 3.06. The highest BCUT2D eigenvalue weighted by Crippen LogP contribution is 1.89. The van der Waals surface area contributed by atoms with E-state index in [9.17, 15) is 14.7 Å². The summed E-state index contributed by atoms with van der Waals surface area (Å²) < 4.78 is 4.21. The molecular weight excluding hydrogens is 124 g/mol. The van der Waals surface area contributed by atoms with E-state index < -0.39 is 18.0 Å². The van der Waals surface area contributed by atoms with Crippen LogP contribution < -0.4 is 0 Å². The fraction of sp³-hybridized carbons (Fsp3) is 0.600. The van der Waals surface area contributed by atoms with Gasteiger partial charge in [0, 0.05) is 6.92 Å². The molecule has 0 amide bonds. The van der Waals surface area contributed by atoms with Gasteiger partial charge in [0.25, 0.3) is 0 Å². The number of carbonyl (C=O) groups excluding carboxylic acids is 2. The van der Waals surface area contributed by atoms with Gasteiger partial charge in [0.1, 0.15) is 0 Å². The fourth-order valence-corrected chi connectivity index (χ4v) is 0.297. The average Bonchev–Trinajstić information content (AvgIpc) is 1.63. The maximum Gasteiger partial charge on any atom is 0.395 e. The maximum atomic E-state index is 10.0. The zero-order valence-corrected chi connectivity index (χ0v) is 5.21. The molecule has 0 unspecified atom stereocenters. The summed E-state index contributed by atoms with van der Waals surface area (Å²) in [5.74, 6) is -2.00. The number of carbonyl (C=O) groups is 2. The summed E-state index contributed by atoms with van der Waals surface area (Å²) in [4.78, 5) is 19.9. The Morgan fingerprint density at radius 3 is 2.00 bits per heavy atom. The van der Waals surface area contributed by atoms with Crippen LogP contribution in [-0.2, 0) is 19.4 Å². The van der Waals surface area contributed by atoms with Crippen molar-refractivity contribution in [3.05, 3.63) is 0 Å². The largest absolute Gasteiger partial charge is 0.451 e. The molecule has 0 aliphatic rings. The van der Waals surface area contributed by atoms with E-state index in [1.807, 2.05) is 0 Å². The van der Waals surface area contributed by atoms with Gasteiger partial charge >= 0.3 is 11.9 Å². The lowest BCUT2D eigenvalue weighted by atomic mass is 10.4. The van der Waals surface area contributed by atoms with Crippen molar-refractivity contribution >= 4 is 11.9 Å². The molecule has 0 N–H and O–H groups in total. The Labute approximate surface area is 52.4 Å². The molecule has 0 aromatic heterocycles. The van der Waals surface area contributed by atoms with Crippen molar-refractivity contribution in [3.8, 4) is 0 Å². The molecule has 4 nitrogen and oxygen atoms in total. The van der Waals surface area contributed by atoms with Gasteiger partial charge in [-0.25, -0.2) is 9.90 Å². The molecule has 0 aromatic carbocycles. The first-order valence-corrected chi connectivity index (χ1v) is 2.42. The van der Waals surface area contributed by atoms with E-state index in [-0.39, 0.29) is 0 Å². The zero-order chi connectivity index (χ0) is 7.44. The molecule has 1 atom stereocenters. The summed E-state index contributed by atoms with van der Waals surface area (Å²) in [5, 5.41) is 9.85. The van der Waals surface area contributed by atoms with Gasteiger partial charge < -0.3 is 4.74 Å². The molecule has 0 bridgehead atoms. The monoisotopic (exact) mass is 131 g/mol. The van der Waals surface area contributed by atoms with Gasteiger partial charge in [-0.1, -0.05) is 0 Å². The molecular formula is C5H7O4. The Hall–Kier alpha value is -1.06.